The Kier molecular flexibility index (Phi) is 3.04. The second-order valence-corrected chi connectivity index (χ2v) is 4.19. The largest absolute Gasteiger partial charge is 0.497 e. The molecule has 0 saturated heterocycles. The van der Waals surface area contributed by atoms with Crippen LogP contribution in [0.1, 0.15) is 5.56 Å². The van der Waals surface area contributed by atoms with E-state index in [1.165, 1.54) is 0 Å². The van der Waals surface area contributed by atoms with E-state index in [4.69, 9.17) is 4.74 Å². The number of hydrogen-bond donors (Lipinski definition) is 1. The van der Waals surface area contributed by atoms with Crippen LogP contribution in [0, 0.1) is 0 Å². The van der Waals surface area contributed by atoms with Crippen LogP contribution in [0.4, 0.5) is 0 Å². The van der Waals surface area contributed by atoms with Gasteiger partial charge in [0.1, 0.15) is 5.75 Å². The minimum Gasteiger partial charge on any atom is -0.497 e. The van der Waals surface area contributed by atoms with Crippen LogP contribution in [0.2, 0.25) is 0 Å². The molecule has 90 valence electrons. The van der Waals surface area contributed by atoms with Crippen molar-refractivity contribution >= 4 is 16.8 Å². The molecule has 2 rings (SSSR count). The number of amides is 1. The molecule has 0 aliphatic rings. The number of carbonyl (C=O) groups is 1. The summed E-state index contributed by atoms with van der Waals surface area (Å²) < 4.78 is 5.19. The van der Waals surface area contributed by atoms with Gasteiger partial charge in [0.25, 0.3) is 0 Å². The first-order chi connectivity index (χ1) is 8.11. The molecule has 1 aromatic heterocycles. The normalized spacial score (nSPS) is 10.5. The van der Waals surface area contributed by atoms with E-state index >= 15 is 0 Å². The molecule has 0 aliphatic heterocycles. The Morgan fingerprint density at radius 2 is 2.18 bits per heavy atom. The minimum atomic E-state index is 0.0914. The van der Waals surface area contributed by atoms with E-state index in [9.17, 15) is 4.79 Å². The summed E-state index contributed by atoms with van der Waals surface area (Å²) in [6.07, 6.45) is 2.28. The van der Waals surface area contributed by atoms with Crippen LogP contribution in [0.15, 0.2) is 24.4 Å². The lowest BCUT2D eigenvalue weighted by molar-refractivity contribution is -0.127. The summed E-state index contributed by atoms with van der Waals surface area (Å²) >= 11 is 0. The molecule has 17 heavy (non-hydrogen) atoms. The van der Waals surface area contributed by atoms with Crippen LogP contribution in [0.5, 0.6) is 5.75 Å². The SMILES string of the molecule is COc1ccc2[nH]cc(CC(=O)N([13CH3])[13CH3])c2c1. The van der Waals surface area contributed by atoms with Crippen molar-refractivity contribution in [1.29, 1.82) is 0 Å². The van der Waals surface area contributed by atoms with E-state index in [2.05, 4.69) is 4.98 Å². The molecule has 0 aliphatic carbocycles. The third-order valence-electron chi connectivity index (χ3n) is 2.82. The van der Waals surface area contributed by atoms with Gasteiger partial charge >= 0.3 is 0 Å². The Bertz CT molecular complexity index is 543. The van der Waals surface area contributed by atoms with Gasteiger partial charge in [0.15, 0.2) is 0 Å². The summed E-state index contributed by atoms with van der Waals surface area (Å²) in [6, 6.07) is 5.80. The van der Waals surface area contributed by atoms with Crippen LogP contribution in [-0.2, 0) is 11.2 Å². The Morgan fingerprint density at radius 1 is 1.41 bits per heavy atom. The van der Waals surface area contributed by atoms with Crippen molar-refractivity contribution in [3.63, 3.8) is 0 Å². The fraction of sp³-hybridized carbons (Fsp3) is 0.308. The monoisotopic (exact) mass is 234 g/mol. The number of likely N-dealkylation sites (N-methyl/N-ethyl adjacent to an activating group) is 1. The maximum Gasteiger partial charge on any atom is 0.226 e. The maximum absolute atomic E-state index is 11.7. The van der Waals surface area contributed by atoms with Crippen LogP contribution in [-0.4, -0.2) is 37.0 Å². The number of aromatic amines is 1. The summed E-state index contributed by atoms with van der Waals surface area (Å²) in [4.78, 5) is 16.4. The molecule has 4 heteroatoms. The zero-order valence-electron chi connectivity index (χ0n) is 10.3. The van der Waals surface area contributed by atoms with Crippen molar-refractivity contribution in [3.05, 3.63) is 30.0 Å². The van der Waals surface area contributed by atoms with E-state index in [1.54, 1.807) is 26.1 Å². The molecule has 0 bridgehead atoms. The fourth-order valence-corrected chi connectivity index (χ4v) is 1.75. The van der Waals surface area contributed by atoms with Crippen molar-refractivity contribution in [3.8, 4) is 5.75 Å². The minimum absolute atomic E-state index is 0.0914. The average Bonchev–Trinajstić information content (AvgIpc) is 2.71. The number of fused-ring (bicyclic) bond motifs is 1. The lowest BCUT2D eigenvalue weighted by Crippen LogP contribution is -2.23. The molecule has 0 spiro atoms. The average molecular weight is 234 g/mol. The highest BCUT2D eigenvalue weighted by Gasteiger charge is 2.10. The molecule has 0 saturated carbocycles. The molecular weight excluding hydrogens is 218 g/mol. The van der Waals surface area contributed by atoms with E-state index in [0.717, 1.165) is 22.2 Å². The Hall–Kier alpha value is -1.97. The highest BCUT2D eigenvalue weighted by molar-refractivity contribution is 5.89. The van der Waals surface area contributed by atoms with Crippen LogP contribution in [0.3, 0.4) is 0 Å². The van der Waals surface area contributed by atoms with Crippen LogP contribution < -0.4 is 4.74 Å². The van der Waals surface area contributed by atoms with Gasteiger partial charge in [0.05, 0.1) is 13.5 Å². The van der Waals surface area contributed by atoms with Crippen molar-refractivity contribution in [1.82, 2.24) is 9.88 Å². The summed E-state index contributed by atoms with van der Waals surface area (Å²) in [7, 11) is 5.16. The molecule has 1 N–H and O–H groups in total. The standard InChI is InChI=1S/C13H16N2O2/c1-15(2)13(16)6-9-8-14-12-5-4-10(17-3)7-11(9)12/h4-5,7-8,14H,6H2,1-3H3/i1+1,2+1. The summed E-state index contributed by atoms with van der Waals surface area (Å²) in [5.41, 5.74) is 2.02. The van der Waals surface area contributed by atoms with Gasteiger partial charge in [-0.05, 0) is 23.8 Å². The van der Waals surface area contributed by atoms with E-state index in [-0.39, 0.29) is 5.91 Å². The number of rotatable bonds is 3. The van der Waals surface area contributed by atoms with Crippen molar-refractivity contribution in [2.24, 2.45) is 0 Å². The first-order valence-electron chi connectivity index (χ1n) is 5.46. The topological polar surface area (TPSA) is 45.3 Å². The van der Waals surface area contributed by atoms with Gasteiger partial charge in [-0.2, -0.15) is 0 Å². The first-order valence-corrected chi connectivity index (χ1v) is 5.46. The van der Waals surface area contributed by atoms with Crippen molar-refractivity contribution in [2.45, 2.75) is 6.42 Å². The Morgan fingerprint density at radius 3 is 2.82 bits per heavy atom. The number of carbonyl (C=O) groups excluding carboxylic acids is 1. The molecule has 0 unspecified atom stereocenters. The summed E-state index contributed by atoms with van der Waals surface area (Å²) in [5, 5.41) is 1.04. The zero-order chi connectivity index (χ0) is 12.4. The van der Waals surface area contributed by atoms with Crippen molar-refractivity contribution < 1.29 is 9.53 Å². The van der Waals surface area contributed by atoms with Crippen LogP contribution >= 0.6 is 0 Å². The third-order valence-corrected chi connectivity index (χ3v) is 2.82. The lowest BCUT2D eigenvalue weighted by atomic mass is 10.1. The van der Waals surface area contributed by atoms with Crippen molar-refractivity contribution in [2.75, 3.05) is 21.2 Å². The number of aromatic nitrogens is 1. The zero-order valence-corrected chi connectivity index (χ0v) is 10.3. The van der Waals surface area contributed by atoms with Gasteiger partial charge < -0.3 is 14.6 Å². The predicted molar refractivity (Wildman–Crippen MR) is 67.2 cm³/mol. The molecule has 1 heterocycles. The summed E-state index contributed by atoms with van der Waals surface area (Å²) in [6.45, 7) is 0. The fourth-order valence-electron chi connectivity index (χ4n) is 1.75. The first kappa shape index (κ1) is 11.5. The highest BCUT2D eigenvalue weighted by atomic mass is 16.5. The van der Waals surface area contributed by atoms with Gasteiger partial charge in [0, 0.05) is 31.2 Å². The number of H-pyrrole nitrogens is 1. The van der Waals surface area contributed by atoms with Gasteiger partial charge in [-0.1, -0.05) is 0 Å². The number of hydrogen-bond acceptors (Lipinski definition) is 2. The molecule has 0 fully saturated rings. The summed E-state index contributed by atoms with van der Waals surface area (Å²) in [5.74, 6) is 0.893. The number of benzene rings is 1. The number of methoxy groups -OCH3 is 1. The van der Waals surface area contributed by atoms with Gasteiger partial charge in [-0.15, -0.1) is 0 Å². The molecule has 2 aromatic rings. The Balaban J connectivity index is 2.37. The second-order valence-electron chi connectivity index (χ2n) is 4.19. The molecular formula is C13H16N2O2. The Labute approximate surface area is 100 Å². The molecule has 4 nitrogen and oxygen atoms in total. The highest BCUT2D eigenvalue weighted by Crippen LogP contribution is 2.24. The predicted octanol–water partition coefficient (Wildman–Crippen LogP) is 1.81. The van der Waals surface area contributed by atoms with E-state index in [1.807, 2.05) is 24.4 Å². The van der Waals surface area contributed by atoms with Gasteiger partial charge in [0.2, 0.25) is 5.91 Å². The van der Waals surface area contributed by atoms with Gasteiger partial charge in [-0.25, -0.2) is 0 Å². The van der Waals surface area contributed by atoms with Crippen LogP contribution in [0.25, 0.3) is 10.9 Å². The number of ether oxygens (including phenoxy) is 1. The quantitative estimate of drug-likeness (QED) is 0.823. The van der Waals surface area contributed by atoms with Gasteiger partial charge in [-0.3, -0.25) is 4.79 Å². The molecule has 1 aromatic carbocycles. The smallest absolute Gasteiger partial charge is 0.226 e. The second kappa shape index (κ2) is 4.49. The molecule has 0 radical (unpaired) electrons. The number of nitrogens with one attached hydrogen (secondary N) is 1. The third kappa shape index (κ3) is 2.25. The lowest BCUT2D eigenvalue weighted by Gasteiger charge is -2.09. The maximum atomic E-state index is 11.7. The van der Waals surface area contributed by atoms with E-state index in [0.29, 0.717) is 6.42 Å². The number of nitrogens with zero attached hydrogens (tertiary/aromatic N) is 1. The molecule has 0 atom stereocenters. The van der Waals surface area contributed by atoms with E-state index < -0.39 is 0 Å². The molecule has 1 amide bonds.